The first-order valence-corrected chi connectivity index (χ1v) is 5.28. The van der Waals surface area contributed by atoms with Crippen LogP contribution in [0.15, 0.2) is 0 Å². The summed E-state index contributed by atoms with van der Waals surface area (Å²) in [7, 11) is 1.33. The zero-order valence-electron chi connectivity index (χ0n) is 9.28. The molecule has 1 N–H and O–H groups in total. The number of hydrogen-bond acceptors (Lipinski definition) is 4. The van der Waals surface area contributed by atoms with Crippen molar-refractivity contribution >= 4 is 11.9 Å². The topological polar surface area (TPSA) is 58.6 Å². The second kappa shape index (κ2) is 5.70. The molecule has 86 valence electrons. The van der Waals surface area contributed by atoms with Gasteiger partial charge < -0.3 is 15.0 Å². The molecule has 1 aliphatic rings. The molecule has 1 atom stereocenters. The van der Waals surface area contributed by atoms with Gasteiger partial charge in [0.1, 0.15) is 0 Å². The van der Waals surface area contributed by atoms with Crippen LogP contribution in [0.3, 0.4) is 0 Å². The van der Waals surface area contributed by atoms with Crippen molar-refractivity contribution in [1.82, 2.24) is 10.2 Å². The summed E-state index contributed by atoms with van der Waals surface area (Å²) < 4.78 is 4.55. The lowest BCUT2D eigenvalue weighted by Crippen LogP contribution is -2.55. The smallest absolute Gasteiger partial charge is 0.307 e. The van der Waals surface area contributed by atoms with Crippen molar-refractivity contribution in [3.05, 3.63) is 0 Å². The molecule has 0 saturated carbocycles. The van der Waals surface area contributed by atoms with E-state index in [2.05, 4.69) is 10.1 Å². The van der Waals surface area contributed by atoms with E-state index in [9.17, 15) is 9.59 Å². The standard InChI is InChI=1S/C10H18N2O3/c1-3-5-12-6-4-11-8(10(12)14)7-9(13)15-2/h8,11H,3-7H2,1-2H3. The van der Waals surface area contributed by atoms with Gasteiger partial charge in [-0.2, -0.15) is 0 Å². The largest absolute Gasteiger partial charge is 0.469 e. The first kappa shape index (κ1) is 12.0. The summed E-state index contributed by atoms with van der Waals surface area (Å²) in [5.74, 6) is -0.340. The van der Waals surface area contributed by atoms with Crippen LogP contribution in [0.5, 0.6) is 0 Å². The van der Waals surface area contributed by atoms with Crippen molar-refractivity contribution in [3.63, 3.8) is 0 Å². The lowest BCUT2D eigenvalue weighted by Gasteiger charge is -2.32. The molecule has 1 heterocycles. The number of carbonyl (C=O) groups is 2. The maximum absolute atomic E-state index is 11.8. The molecule has 1 fully saturated rings. The van der Waals surface area contributed by atoms with Gasteiger partial charge in [0.2, 0.25) is 5.91 Å². The monoisotopic (exact) mass is 214 g/mol. The van der Waals surface area contributed by atoms with Crippen LogP contribution in [0, 0.1) is 0 Å². The van der Waals surface area contributed by atoms with Crippen LogP contribution in [0.4, 0.5) is 0 Å². The molecule has 1 unspecified atom stereocenters. The Labute approximate surface area is 89.8 Å². The highest BCUT2D eigenvalue weighted by Crippen LogP contribution is 2.06. The molecule has 1 rings (SSSR count). The molecule has 1 saturated heterocycles. The Kier molecular flexibility index (Phi) is 4.55. The molecule has 0 aliphatic carbocycles. The summed E-state index contributed by atoms with van der Waals surface area (Å²) in [5, 5.41) is 3.03. The highest BCUT2D eigenvalue weighted by Gasteiger charge is 2.29. The number of ether oxygens (including phenoxy) is 1. The Hall–Kier alpha value is -1.10. The molecular weight excluding hydrogens is 196 g/mol. The van der Waals surface area contributed by atoms with E-state index in [1.165, 1.54) is 7.11 Å². The molecule has 0 aromatic rings. The highest BCUT2D eigenvalue weighted by molar-refractivity contribution is 5.87. The second-order valence-corrected chi connectivity index (χ2v) is 3.61. The number of methoxy groups -OCH3 is 1. The van der Waals surface area contributed by atoms with E-state index < -0.39 is 6.04 Å². The van der Waals surface area contributed by atoms with E-state index >= 15 is 0 Å². The summed E-state index contributed by atoms with van der Waals surface area (Å²) in [6.07, 6.45) is 1.06. The molecule has 0 spiro atoms. The van der Waals surface area contributed by atoms with Gasteiger partial charge in [-0.3, -0.25) is 9.59 Å². The summed E-state index contributed by atoms with van der Waals surface area (Å²) in [5.41, 5.74) is 0. The molecule has 5 nitrogen and oxygen atoms in total. The molecular formula is C10H18N2O3. The minimum absolute atomic E-state index is 0.00787. The first-order valence-electron chi connectivity index (χ1n) is 5.28. The second-order valence-electron chi connectivity index (χ2n) is 3.61. The summed E-state index contributed by atoms with van der Waals surface area (Å²) in [4.78, 5) is 24.7. The maximum atomic E-state index is 11.8. The number of amides is 1. The van der Waals surface area contributed by atoms with Crippen molar-refractivity contribution in [1.29, 1.82) is 0 Å². The minimum atomic E-state index is -0.405. The van der Waals surface area contributed by atoms with Crippen LogP contribution in [0.1, 0.15) is 19.8 Å². The first-order chi connectivity index (χ1) is 7.19. The molecule has 15 heavy (non-hydrogen) atoms. The summed E-state index contributed by atoms with van der Waals surface area (Å²) in [6, 6.07) is -0.405. The number of carbonyl (C=O) groups excluding carboxylic acids is 2. The van der Waals surface area contributed by atoms with Gasteiger partial charge in [0.25, 0.3) is 0 Å². The summed E-state index contributed by atoms with van der Waals surface area (Å²) in [6.45, 7) is 4.26. The minimum Gasteiger partial charge on any atom is -0.469 e. The van der Waals surface area contributed by atoms with Crippen LogP contribution < -0.4 is 5.32 Å². The Morgan fingerprint density at radius 3 is 3.00 bits per heavy atom. The lowest BCUT2D eigenvalue weighted by molar-refractivity contribution is -0.146. The van der Waals surface area contributed by atoms with Gasteiger partial charge in [-0.15, -0.1) is 0 Å². The zero-order chi connectivity index (χ0) is 11.3. The van der Waals surface area contributed by atoms with Gasteiger partial charge in [-0.1, -0.05) is 6.92 Å². The number of esters is 1. The molecule has 0 aromatic carbocycles. The normalized spacial score (nSPS) is 21.6. The van der Waals surface area contributed by atoms with E-state index in [0.717, 1.165) is 26.1 Å². The molecule has 5 heteroatoms. The van der Waals surface area contributed by atoms with E-state index in [4.69, 9.17) is 0 Å². The van der Waals surface area contributed by atoms with Crippen molar-refractivity contribution in [2.24, 2.45) is 0 Å². The van der Waals surface area contributed by atoms with Crippen LogP contribution in [-0.2, 0) is 14.3 Å². The molecule has 1 amide bonds. The third-order valence-electron chi connectivity index (χ3n) is 2.47. The van der Waals surface area contributed by atoms with Crippen LogP contribution >= 0.6 is 0 Å². The molecule has 0 radical (unpaired) electrons. The van der Waals surface area contributed by atoms with Crippen molar-refractivity contribution in [3.8, 4) is 0 Å². The average Bonchev–Trinajstić information content (AvgIpc) is 2.24. The van der Waals surface area contributed by atoms with Gasteiger partial charge in [0.15, 0.2) is 0 Å². The summed E-state index contributed by atoms with van der Waals surface area (Å²) >= 11 is 0. The van der Waals surface area contributed by atoms with E-state index in [0.29, 0.717) is 0 Å². The highest BCUT2D eigenvalue weighted by atomic mass is 16.5. The number of piperazine rings is 1. The Balaban J connectivity index is 2.50. The van der Waals surface area contributed by atoms with Crippen LogP contribution in [-0.4, -0.2) is 49.6 Å². The number of hydrogen-bond donors (Lipinski definition) is 1. The predicted octanol–water partition coefficient (Wildman–Crippen LogP) is -0.240. The predicted molar refractivity (Wildman–Crippen MR) is 55.3 cm³/mol. The fourth-order valence-electron chi connectivity index (χ4n) is 1.69. The van der Waals surface area contributed by atoms with Crippen molar-refractivity contribution in [2.45, 2.75) is 25.8 Å². The van der Waals surface area contributed by atoms with Gasteiger partial charge in [-0.05, 0) is 6.42 Å². The Morgan fingerprint density at radius 1 is 1.67 bits per heavy atom. The third kappa shape index (κ3) is 3.20. The van der Waals surface area contributed by atoms with Crippen LogP contribution in [0.25, 0.3) is 0 Å². The SMILES string of the molecule is CCCN1CCNC(CC(=O)OC)C1=O. The van der Waals surface area contributed by atoms with E-state index in [1.54, 1.807) is 4.90 Å². The van der Waals surface area contributed by atoms with Crippen LogP contribution in [0.2, 0.25) is 0 Å². The average molecular weight is 214 g/mol. The molecule has 0 aromatic heterocycles. The molecule has 0 bridgehead atoms. The fraction of sp³-hybridized carbons (Fsp3) is 0.800. The van der Waals surface area contributed by atoms with Gasteiger partial charge in [-0.25, -0.2) is 0 Å². The van der Waals surface area contributed by atoms with Gasteiger partial charge >= 0.3 is 5.97 Å². The fourth-order valence-corrected chi connectivity index (χ4v) is 1.69. The number of nitrogens with one attached hydrogen (secondary N) is 1. The van der Waals surface area contributed by atoms with E-state index in [-0.39, 0.29) is 18.3 Å². The Bertz CT molecular complexity index is 241. The van der Waals surface area contributed by atoms with Gasteiger partial charge in [0.05, 0.1) is 19.6 Å². The quantitative estimate of drug-likeness (QED) is 0.656. The maximum Gasteiger partial charge on any atom is 0.307 e. The third-order valence-corrected chi connectivity index (χ3v) is 2.47. The van der Waals surface area contributed by atoms with Crippen molar-refractivity contribution < 1.29 is 14.3 Å². The number of rotatable bonds is 4. The number of nitrogens with zero attached hydrogens (tertiary/aromatic N) is 1. The Morgan fingerprint density at radius 2 is 2.40 bits per heavy atom. The zero-order valence-corrected chi connectivity index (χ0v) is 9.28. The lowest BCUT2D eigenvalue weighted by atomic mass is 10.1. The molecule has 1 aliphatic heterocycles. The van der Waals surface area contributed by atoms with Gasteiger partial charge in [0, 0.05) is 19.6 Å². The van der Waals surface area contributed by atoms with Crippen molar-refractivity contribution in [2.75, 3.05) is 26.7 Å². The van der Waals surface area contributed by atoms with E-state index in [1.807, 2.05) is 6.92 Å².